The number of aryl methyl sites for hydroxylation is 1. The Morgan fingerprint density at radius 2 is 2.06 bits per heavy atom. The van der Waals surface area contributed by atoms with Crippen molar-refractivity contribution in [2.45, 2.75) is 6.92 Å². The molecular weight excluding hydrogens is 418 g/mol. The molecule has 18 heavy (non-hydrogen) atoms. The van der Waals surface area contributed by atoms with E-state index in [1.807, 2.05) is 29.5 Å². The molecule has 0 saturated carbocycles. The summed E-state index contributed by atoms with van der Waals surface area (Å²) in [6, 6.07) is 9.86. The van der Waals surface area contributed by atoms with E-state index < -0.39 is 0 Å². The maximum Gasteiger partial charge on any atom is 0.207 e. The Hall–Kier alpha value is -0.196. The molecule has 1 aromatic heterocycles. The summed E-state index contributed by atoms with van der Waals surface area (Å²) >= 11 is 2.00. The van der Waals surface area contributed by atoms with Crippen molar-refractivity contribution in [3.8, 4) is 17.0 Å². The summed E-state index contributed by atoms with van der Waals surface area (Å²) in [6.07, 6.45) is 0. The first kappa shape index (κ1) is 15.9. The number of hydrogen-bond donors (Lipinski definition) is 1. The predicted molar refractivity (Wildman–Crippen MR) is 75.1 cm³/mol. The summed E-state index contributed by atoms with van der Waals surface area (Å²) in [6.45, 7) is 1.89. The molecule has 0 aliphatic carbocycles. The van der Waals surface area contributed by atoms with Crippen LogP contribution >= 0.6 is 22.6 Å². The van der Waals surface area contributed by atoms with Crippen LogP contribution in [0.3, 0.4) is 0 Å². The van der Waals surface area contributed by atoms with Gasteiger partial charge in [0.25, 0.3) is 0 Å². The Morgan fingerprint density at radius 3 is 2.67 bits per heavy atom. The summed E-state index contributed by atoms with van der Waals surface area (Å²) in [5.74, 6) is 0.224. The van der Waals surface area contributed by atoms with Gasteiger partial charge >= 0.3 is 0 Å². The number of phenols is 1. The molecule has 91 valence electrons. The number of halogens is 1. The Labute approximate surface area is 144 Å². The third-order valence-electron chi connectivity index (χ3n) is 2.65. The molecule has 0 aliphatic rings. The SMILES string of the molecule is Cc1cc(O)ccc1-c1[c-]cc(I)c(=O)n1C.[Y]. The van der Waals surface area contributed by atoms with E-state index in [9.17, 15) is 9.90 Å². The van der Waals surface area contributed by atoms with Crippen molar-refractivity contribution in [1.82, 2.24) is 4.57 Å². The molecule has 5 heteroatoms. The van der Waals surface area contributed by atoms with Crippen LogP contribution in [0.2, 0.25) is 0 Å². The summed E-state index contributed by atoms with van der Waals surface area (Å²) < 4.78 is 2.21. The van der Waals surface area contributed by atoms with Crippen LogP contribution in [0.5, 0.6) is 5.75 Å². The number of aromatic hydroxyl groups is 1. The van der Waals surface area contributed by atoms with Crippen LogP contribution in [0, 0.1) is 16.6 Å². The van der Waals surface area contributed by atoms with Gasteiger partial charge in [0.05, 0.1) is 0 Å². The Kier molecular flexibility index (Phi) is 5.55. The van der Waals surface area contributed by atoms with Crippen molar-refractivity contribution >= 4 is 22.6 Å². The van der Waals surface area contributed by atoms with E-state index in [1.54, 1.807) is 35.9 Å². The first-order chi connectivity index (χ1) is 8.00. The van der Waals surface area contributed by atoms with E-state index in [0.717, 1.165) is 16.8 Å². The quantitative estimate of drug-likeness (QED) is 0.560. The van der Waals surface area contributed by atoms with Gasteiger partial charge in [0.2, 0.25) is 5.56 Å². The first-order valence-corrected chi connectivity index (χ1v) is 6.16. The Morgan fingerprint density at radius 1 is 1.39 bits per heavy atom. The summed E-state index contributed by atoms with van der Waals surface area (Å²) in [7, 11) is 1.72. The molecule has 1 radical (unpaired) electrons. The zero-order chi connectivity index (χ0) is 12.6. The Balaban J connectivity index is 0.00000162. The van der Waals surface area contributed by atoms with Crippen LogP contribution in [0.4, 0.5) is 0 Å². The van der Waals surface area contributed by atoms with E-state index in [2.05, 4.69) is 6.07 Å². The number of phenolic OH excluding ortho intramolecular Hbond substituents is 1. The largest absolute Gasteiger partial charge is 0.508 e. The summed E-state index contributed by atoms with van der Waals surface area (Å²) in [5, 5.41) is 9.37. The minimum Gasteiger partial charge on any atom is -0.508 e. The fraction of sp³-hybridized carbons (Fsp3) is 0.154. The number of aromatic nitrogens is 1. The average molecular weight is 429 g/mol. The average Bonchev–Trinajstić information content (AvgIpc) is 2.28. The van der Waals surface area contributed by atoms with E-state index in [4.69, 9.17) is 0 Å². The van der Waals surface area contributed by atoms with Gasteiger partial charge in [-0.2, -0.15) is 12.1 Å². The van der Waals surface area contributed by atoms with Crippen LogP contribution < -0.4 is 5.56 Å². The van der Waals surface area contributed by atoms with E-state index in [1.165, 1.54) is 0 Å². The molecule has 1 aromatic carbocycles. The summed E-state index contributed by atoms with van der Waals surface area (Å²) in [4.78, 5) is 11.8. The minimum atomic E-state index is -0.0353. The molecule has 0 amide bonds. The van der Waals surface area contributed by atoms with Crippen LogP contribution in [0.25, 0.3) is 11.3 Å². The molecule has 0 unspecified atom stereocenters. The van der Waals surface area contributed by atoms with Gasteiger partial charge in [-0.3, -0.25) is 4.79 Å². The maximum atomic E-state index is 11.8. The van der Waals surface area contributed by atoms with Crippen LogP contribution in [-0.2, 0) is 39.8 Å². The van der Waals surface area contributed by atoms with Gasteiger partial charge in [-0.05, 0) is 15.7 Å². The van der Waals surface area contributed by atoms with Gasteiger partial charge in [0.15, 0.2) is 0 Å². The minimum absolute atomic E-state index is 0. The number of benzene rings is 1. The number of rotatable bonds is 1. The topological polar surface area (TPSA) is 42.2 Å². The van der Waals surface area contributed by atoms with Crippen LogP contribution in [0.1, 0.15) is 5.56 Å². The smallest absolute Gasteiger partial charge is 0.207 e. The van der Waals surface area contributed by atoms with Gasteiger partial charge in [0, 0.05) is 39.8 Å². The first-order valence-electron chi connectivity index (χ1n) is 5.08. The van der Waals surface area contributed by atoms with E-state index in [0.29, 0.717) is 3.57 Å². The maximum absolute atomic E-state index is 11.8. The molecule has 0 spiro atoms. The van der Waals surface area contributed by atoms with Gasteiger partial charge in [0.1, 0.15) is 5.75 Å². The number of nitrogens with zero attached hydrogens (tertiary/aromatic N) is 1. The van der Waals surface area contributed by atoms with E-state index >= 15 is 0 Å². The molecule has 0 saturated heterocycles. The van der Waals surface area contributed by atoms with Crippen molar-refractivity contribution < 1.29 is 37.8 Å². The molecular formula is C13H11INO2Y-. The molecule has 0 aliphatic heterocycles. The second kappa shape index (κ2) is 6.30. The molecule has 2 rings (SSSR count). The van der Waals surface area contributed by atoms with Gasteiger partial charge < -0.3 is 9.67 Å². The summed E-state index contributed by atoms with van der Waals surface area (Å²) in [5.41, 5.74) is 2.51. The van der Waals surface area contributed by atoms with Gasteiger partial charge in [-0.1, -0.05) is 23.7 Å². The molecule has 0 fully saturated rings. The van der Waals surface area contributed by atoms with Gasteiger partial charge in [-0.25, -0.2) is 0 Å². The van der Waals surface area contributed by atoms with Crippen molar-refractivity contribution in [1.29, 1.82) is 0 Å². The second-order valence-electron chi connectivity index (χ2n) is 3.85. The molecule has 0 bridgehead atoms. The monoisotopic (exact) mass is 429 g/mol. The van der Waals surface area contributed by atoms with Crippen molar-refractivity contribution in [3.05, 3.63) is 49.8 Å². The molecule has 1 N–H and O–H groups in total. The fourth-order valence-corrected chi connectivity index (χ4v) is 2.24. The standard InChI is InChI=1S/C13H11INO2.Y/c1-8-7-9(16)3-4-10(8)12-6-5-11(14)13(17)15(12)2;/h3-5,7,16H,1-2H3;/q-1;. The van der Waals surface area contributed by atoms with Gasteiger partial charge in [-0.15, -0.1) is 28.7 Å². The number of hydrogen-bond acceptors (Lipinski definition) is 2. The van der Waals surface area contributed by atoms with Crippen LogP contribution in [0.15, 0.2) is 29.1 Å². The van der Waals surface area contributed by atoms with Crippen molar-refractivity contribution in [3.63, 3.8) is 0 Å². The molecule has 2 aromatic rings. The van der Waals surface area contributed by atoms with Crippen LogP contribution in [-0.4, -0.2) is 9.67 Å². The molecule has 0 atom stereocenters. The zero-order valence-electron chi connectivity index (χ0n) is 10.1. The zero-order valence-corrected chi connectivity index (χ0v) is 15.1. The predicted octanol–water partition coefficient (Wildman–Crippen LogP) is 2.47. The molecule has 1 heterocycles. The van der Waals surface area contributed by atoms with Crippen molar-refractivity contribution in [2.24, 2.45) is 7.05 Å². The van der Waals surface area contributed by atoms with E-state index in [-0.39, 0.29) is 44.0 Å². The van der Waals surface area contributed by atoms with Crippen molar-refractivity contribution in [2.75, 3.05) is 0 Å². The number of pyridine rings is 1. The second-order valence-corrected chi connectivity index (χ2v) is 5.01. The normalized spacial score (nSPS) is 9.94. The third kappa shape index (κ3) is 3.03. The third-order valence-corrected chi connectivity index (χ3v) is 3.42. The molecule has 3 nitrogen and oxygen atoms in total. The fourth-order valence-electron chi connectivity index (χ4n) is 1.72. The Bertz CT molecular complexity index is 637.